The van der Waals surface area contributed by atoms with E-state index in [0.717, 1.165) is 97.2 Å². The number of imidazole rings is 1. The molecule has 0 N–H and O–H groups in total. The summed E-state index contributed by atoms with van der Waals surface area (Å²) >= 11 is 0. The third-order valence-electron chi connectivity index (χ3n) is 8.49. The van der Waals surface area contributed by atoms with Crippen molar-refractivity contribution in [2.24, 2.45) is 11.8 Å². The summed E-state index contributed by atoms with van der Waals surface area (Å²) in [5.41, 5.74) is 4.79. The minimum Gasteiger partial charge on any atom is -0.381 e. The molecule has 1 aromatic carbocycles. The molecule has 7 rings (SSSR count). The normalized spacial score (nSPS) is 19.8. The molecule has 0 aliphatic carbocycles. The van der Waals surface area contributed by atoms with Gasteiger partial charge in [0.25, 0.3) is 0 Å². The van der Waals surface area contributed by atoms with Gasteiger partial charge >= 0.3 is 0 Å². The number of nitrogens with zero attached hydrogens (tertiary/aromatic N) is 7. The molecule has 9 nitrogen and oxygen atoms in total. The van der Waals surface area contributed by atoms with Crippen molar-refractivity contribution in [2.45, 2.75) is 39.2 Å². The van der Waals surface area contributed by atoms with Gasteiger partial charge in [0.15, 0.2) is 5.82 Å². The van der Waals surface area contributed by atoms with Crippen LogP contribution in [0.5, 0.6) is 0 Å². The monoisotopic (exact) mass is 527 g/mol. The fourth-order valence-electron chi connectivity index (χ4n) is 6.31. The number of hydrogen-bond acceptors (Lipinski definition) is 8. The van der Waals surface area contributed by atoms with E-state index >= 15 is 0 Å². The van der Waals surface area contributed by atoms with Crippen LogP contribution in [-0.4, -0.2) is 82.0 Å². The molecule has 3 aliphatic heterocycles. The summed E-state index contributed by atoms with van der Waals surface area (Å²) in [5.74, 6) is 4.34. The van der Waals surface area contributed by atoms with Crippen LogP contribution in [0.2, 0.25) is 0 Å². The zero-order valence-electron chi connectivity index (χ0n) is 22.9. The van der Waals surface area contributed by atoms with Gasteiger partial charge in [0.2, 0.25) is 5.95 Å². The van der Waals surface area contributed by atoms with E-state index in [4.69, 9.17) is 29.4 Å². The van der Waals surface area contributed by atoms with Crippen LogP contribution in [0.4, 0.5) is 5.82 Å². The predicted octanol–water partition coefficient (Wildman–Crippen LogP) is 4.18. The minimum absolute atomic E-state index is 0.227. The predicted molar refractivity (Wildman–Crippen MR) is 151 cm³/mol. The van der Waals surface area contributed by atoms with E-state index in [1.54, 1.807) is 0 Å². The quantitative estimate of drug-likeness (QED) is 0.369. The Morgan fingerprint density at radius 1 is 0.821 bits per heavy atom. The molecule has 0 atom stereocenters. The van der Waals surface area contributed by atoms with Gasteiger partial charge in [-0.1, -0.05) is 26.0 Å². The summed E-state index contributed by atoms with van der Waals surface area (Å²) in [7, 11) is 0. The summed E-state index contributed by atoms with van der Waals surface area (Å²) < 4.78 is 13.3. The lowest BCUT2D eigenvalue weighted by molar-refractivity contribution is -0.0108. The van der Waals surface area contributed by atoms with Crippen LogP contribution >= 0.6 is 0 Å². The lowest BCUT2D eigenvalue weighted by Crippen LogP contribution is -2.50. The Bertz CT molecular complexity index is 1470. The fourth-order valence-corrected chi connectivity index (χ4v) is 6.31. The van der Waals surface area contributed by atoms with Gasteiger partial charge in [-0.25, -0.2) is 15.0 Å². The first-order chi connectivity index (χ1) is 19.1. The number of ether oxygens (including phenoxy) is 2. The van der Waals surface area contributed by atoms with Crippen LogP contribution < -0.4 is 4.90 Å². The first-order valence-electron chi connectivity index (χ1n) is 14.4. The van der Waals surface area contributed by atoms with E-state index in [-0.39, 0.29) is 5.92 Å². The molecule has 0 amide bonds. The third-order valence-corrected chi connectivity index (χ3v) is 8.49. The van der Waals surface area contributed by atoms with E-state index in [9.17, 15) is 0 Å². The van der Waals surface area contributed by atoms with Crippen molar-refractivity contribution >= 4 is 27.9 Å². The van der Waals surface area contributed by atoms with Crippen LogP contribution in [0.1, 0.15) is 44.1 Å². The number of rotatable bonds is 6. The molecule has 204 valence electrons. The molecule has 0 unspecified atom stereocenters. The standard InChI is InChI=1S/C30H37N7O2/c1-20(2)28-32-24-5-3-4-6-26(24)37(28)30-33-25-8-7-23(19-35-17-22(18-35)21-9-13-38-14-10-21)31-27(25)29(34-30)36-11-15-39-16-12-36/h3-8,20-22H,9-19H2,1-2H3. The van der Waals surface area contributed by atoms with Crippen molar-refractivity contribution in [1.29, 1.82) is 0 Å². The SMILES string of the molecule is CC(C)c1nc2ccccc2n1-c1nc(N2CCOCC2)c2nc(CN3CC(C4CCOCC4)C3)ccc2n1. The third kappa shape index (κ3) is 4.77. The van der Waals surface area contributed by atoms with Gasteiger partial charge in [0, 0.05) is 51.9 Å². The topological polar surface area (TPSA) is 81.4 Å². The van der Waals surface area contributed by atoms with Gasteiger partial charge in [-0.2, -0.15) is 4.98 Å². The van der Waals surface area contributed by atoms with Crippen LogP contribution in [0.3, 0.4) is 0 Å². The Balaban J connectivity index is 1.24. The van der Waals surface area contributed by atoms with E-state index in [2.05, 4.69) is 52.5 Å². The molecule has 0 radical (unpaired) electrons. The zero-order chi connectivity index (χ0) is 26.3. The molecule has 3 fully saturated rings. The van der Waals surface area contributed by atoms with Crippen LogP contribution in [0.25, 0.3) is 28.0 Å². The van der Waals surface area contributed by atoms with Crippen LogP contribution in [-0.2, 0) is 16.0 Å². The molecule has 0 saturated carbocycles. The van der Waals surface area contributed by atoms with E-state index in [0.29, 0.717) is 19.2 Å². The van der Waals surface area contributed by atoms with Gasteiger partial charge < -0.3 is 14.4 Å². The number of benzene rings is 1. The number of pyridine rings is 1. The van der Waals surface area contributed by atoms with Gasteiger partial charge in [-0.15, -0.1) is 0 Å². The smallest absolute Gasteiger partial charge is 0.238 e. The largest absolute Gasteiger partial charge is 0.381 e. The van der Waals surface area contributed by atoms with E-state index in [1.807, 2.05) is 12.1 Å². The van der Waals surface area contributed by atoms with Gasteiger partial charge in [-0.3, -0.25) is 9.47 Å². The average molecular weight is 528 g/mol. The van der Waals surface area contributed by atoms with E-state index in [1.165, 1.54) is 12.8 Å². The van der Waals surface area contributed by atoms with Crippen molar-refractivity contribution in [1.82, 2.24) is 29.4 Å². The summed E-state index contributed by atoms with van der Waals surface area (Å²) in [4.78, 5) is 25.2. The second-order valence-electron chi connectivity index (χ2n) is 11.5. The summed E-state index contributed by atoms with van der Waals surface area (Å²) in [5, 5.41) is 0. The van der Waals surface area contributed by atoms with Gasteiger partial charge in [-0.05, 0) is 48.9 Å². The Morgan fingerprint density at radius 2 is 1.59 bits per heavy atom. The Kier molecular flexibility index (Phi) is 6.66. The summed E-state index contributed by atoms with van der Waals surface area (Å²) in [6.45, 7) is 12.3. The number of morpholine rings is 1. The molecule has 9 heteroatoms. The maximum atomic E-state index is 5.67. The molecule has 0 bridgehead atoms. The average Bonchev–Trinajstić information content (AvgIpc) is 3.35. The lowest BCUT2D eigenvalue weighted by atomic mass is 9.81. The highest BCUT2D eigenvalue weighted by Crippen LogP contribution is 2.33. The van der Waals surface area contributed by atoms with Crippen LogP contribution in [0, 0.1) is 11.8 Å². The lowest BCUT2D eigenvalue weighted by Gasteiger charge is -2.44. The second-order valence-corrected chi connectivity index (χ2v) is 11.5. The summed E-state index contributed by atoms with van der Waals surface area (Å²) in [6, 6.07) is 12.5. The number of para-hydroxylation sites is 2. The molecule has 39 heavy (non-hydrogen) atoms. The molecular formula is C30H37N7O2. The first-order valence-corrected chi connectivity index (χ1v) is 14.4. The Morgan fingerprint density at radius 3 is 2.38 bits per heavy atom. The van der Waals surface area contributed by atoms with Crippen molar-refractivity contribution in [3.05, 3.63) is 47.9 Å². The van der Waals surface area contributed by atoms with Gasteiger partial charge in [0.1, 0.15) is 11.3 Å². The van der Waals surface area contributed by atoms with E-state index < -0.39 is 0 Å². The molecule has 0 spiro atoms. The Labute approximate surface area is 229 Å². The van der Waals surface area contributed by atoms with Crippen molar-refractivity contribution in [3.63, 3.8) is 0 Å². The molecule has 3 saturated heterocycles. The number of fused-ring (bicyclic) bond motifs is 2. The second kappa shape index (κ2) is 10.4. The number of anilines is 1. The van der Waals surface area contributed by atoms with Crippen molar-refractivity contribution in [2.75, 3.05) is 57.5 Å². The Hall–Kier alpha value is -3.14. The molecular weight excluding hydrogens is 490 g/mol. The highest BCUT2D eigenvalue weighted by Gasteiger charge is 2.34. The van der Waals surface area contributed by atoms with Crippen LogP contribution in [0.15, 0.2) is 36.4 Å². The van der Waals surface area contributed by atoms with Crippen molar-refractivity contribution in [3.8, 4) is 5.95 Å². The van der Waals surface area contributed by atoms with Gasteiger partial charge in [0.05, 0.1) is 35.5 Å². The first kappa shape index (κ1) is 24.9. The number of hydrogen-bond donors (Lipinski definition) is 0. The fraction of sp³-hybridized carbons (Fsp3) is 0.533. The maximum absolute atomic E-state index is 5.67. The minimum atomic E-state index is 0.227. The molecule has 3 aliphatic rings. The maximum Gasteiger partial charge on any atom is 0.238 e. The molecule has 3 aromatic heterocycles. The number of likely N-dealkylation sites (tertiary alicyclic amines) is 1. The molecule has 6 heterocycles. The molecule has 4 aromatic rings. The summed E-state index contributed by atoms with van der Waals surface area (Å²) in [6.07, 6.45) is 2.42. The zero-order valence-corrected chi connectivity index (χ0v) is 22.9. The number of aromatic nitrogens is 5. The highest BCUT2D eigenvalue weighted by molar-refractivity contribution is 5.87. The van der Waals surface area contributed by atoms with Crippen molar-refractivity contribution < 1.29 is 9.47 Å². The highest BCUT2D eigenvalue weighted by atomic mass is 16.5.